The van der Waals surface area contributed by atoms with Gasteiger partial charge in [0.15, 0.2) is 9.84 Å². The molecule has 1 saturated heterocycles. The minimum atomic E-state index is -2.91. The minimum absolute atomic E-state index is 0.0107. The van der Waals surface area contributed by atoms with Gasteiger partial charge in [-0.15, -0.1) is 0 Å². The number of sulfone groups is 1. The van der Waals surface area contributed by atoms with Crippen molar-refractivity contribution in [3.05, 3.63) is 36.5 Å². The zero-order valence-corrected chi connectivity index (χ0v) is 12.8. The van der Waals surface area contributed by atoms with Gasteiger partial charge in [0.05, 0.1) is 17.0 Å². The molecule has 7 heteroatoms. The van der Waals surface area contributed by atoms with E-state index in [1.54, 1.807) is 12.3 Å². The molecule has 0 unspecified atom stereocenters. The zero-order valence-electron chi connectivity index (χ0n) is 12.0. The molecule has 2 aromatic rings. The summed E-state index contributed by atoms with van der Waals surface area (Å²) >= 11 is 0. The van der Waals surface area contributed by atoms with Crippen molar-refractivity contribution in [3.63, 3.8) is 0 Å². The van der Waals surface area contributed by atoms with E-state index in [9.17, 15) is 13.2 Å². The zero-order chi connectivity index (χ0) is 15.6. The molecule has 6 nitrogen and oxygen atoms in total. The third-order valence-corrected chi connectivity index (χ3v) is 5.58. The summed E-state index contributed by atoms with van der Waals surface area (Å²) in [6.07, 6.45) is 2.34. The molecule has 22 heavy (non-hydrogen) atoms. The predicted molar refractivity (Wildman–Crippen MR) is 85.5 cm³/mol. The highest BCUT2D eigenvalue weighted by atomic mass is 32.2. The predicted octanol–water partition coefficient (Wildman–Crippen LogP) is 1.79. The van der Waals surface area contributed by atoms with Gasteiger partial charge in [-0.05, 0) is 36.6 Å². The highest BCUT2D eigenvalue weighted by Gasteiger charge is 2.27. The highest BCUT2D eigenvalue weighted by molar-refractivity contribution is 7.91. The number of aromatic nitrogens is 1. The molecule has 0 radical (unpaired) electrons. The molecule has 1 aromatic carbocycles. The van der Waals surface area contributed by atoms with Gasteiger partial charge >= 0.3 is 6.03 Å². The van der Waals surface area contributed by atoms with Crippen molar-refractivity contribution >= 4 is 32.5 Å². The van der Waals surface area contributed by atoms with Crippen molar-refractivity contribution in [1.29, 1.82) is 0 Å². The van der Waals surface area contributed by atoms with Crippen LogP contribution in [0.15, 0.2) is 36.5 Å². The first-order valence-corrected chi connectivity index (χ1v) is 8.94. The van der Waals surface area contributed by atoms with E-state index in [1.165, 1.54) is 0 Å². The van der Waals surface area contributed by atoms with Gasteiger partial charge in [-0.1, -0.05) is 6.07 Å². The van der Waals surface area contributed by atoms with Gasteiger partial charge < -0.3 is 10.6 Å². The molecule has 0 spiro atoms. The molecule has 1 fully saturated rings. The summed E-state index contributed by atoms with van der Waals surface area (Å²) < 4.78 is 22.7. The summed E-state index contributed by atoms with van der Waals surface area (Å²) in [4.78, 5) is 16.1. The molecule has 1 aliphatic rings. The summed E-state index contributed by atoms with van der Waals surface area (Å²) in [5, 5.41) is 6.43. The van der Waals surface area contributed by atoms with Crippen LogP contribution in [0.1, 0.15) is 6.42 Å². The Morgan fingerprint density at radius 2 is 2.18 bits per heavy atom. The number of urea groups is 1. The number of nitrogens with zero attached hydrogens (tertiary/aromatic N) is 1. The second-order valence-corrected chi connectivity index (χ2v) is 7.74. The number of pyridine rings is 1. The molecule has 2 amide bonds. The Morgan fingerprint density at radius 1 is 1.32 bits per heavy atom. The summed E-state index contributed by atoms with van der Waals surface area (Å²) in [5.41, 5.74) is 1.54. The van der Waals surface area contributed by atoms with Crippen molar-refractivity contribution in [2.75, 3.05) is 23.4 Å². The second-order valence-electron chi connectivity index (χ2n) is 5.51. The maximum atomic E-state index is 11.9. The maximum absolute atomic E-state index is 11.9. The number of carbonyl (C=O) groups is 1. The lowest BCUT2D eigenvalue weighted by Crippen LogP contribution is -2.33. The van der Waals surface area contributed by atoms with Gasteiger partial charge in [0, 0.05) is 23.8 Å². The van der Waals surface area contributed by atoms with Crippen LogP contribution in [0.4, 0.5) is 10.5 Å². The average Bonchev–Trinajstić information content (AvgIpc) is 2.84. The van der Waals surface area contributed by atoms with Crippen molar-refractivity contribution in [3.8, 4) is 0 Å². The molecule has 0 aliphatic carbocycles. The maximum Gasteiger partial charge on any atom is 0.319 e. The lowest BCUT2D eigenvalue weighted by atomic mass is 10.1. The van der Waals surface area contributed by atoms with E-state index in [-0.39, 0.29) is 23.5 Å². The Bertz CT molecular complexity index is 805. The number of hydrogen-bond acceptors (Lipinski definition) is 4. The number of amides is 2. The standard InChI is InChI=1S/C15H17N3O3S/c19-15(17-9-11-5-7-22(20,21)10-11)18-13-3-4-14-12(8-13)2-1-6-16-14/h1-4,6,8,11H,5,7,9-10H2,(H2,17,18,19)/t11-/m1/s1. The summed E-state index contributed by atoms with van der Waals surface area (Å²) in [6.45, 7) is 0.375. The van der Waals surface area contributed by atoms with Gasteiger partial charge in [0.25, 0.3) is 0 Å². The van der Waals surface area contributed by atoms with Crippen LogP contribution in [0, 0.1) is 5.92 Å². The average molecular weight is 319 g/mol. The van der Waals surface area contributed by atoms with Crippen LogP contribution >= 0.6 is 0 Å². The van der Waals surface area contributed by atoms with Crippen LogP contribution < -0.4 is 10.6 Å². The van der Waals surface area contributed by atoms with Crippen LogP contribution in [0.5, 0.6) is 0 Å². The van der Waals surface area contributed by atoms with E-state index in [4.69, 9.17) is 0 Å². The van der Waals surface area contributed by atoms with Gasteiger partial charge in [0.2, 0.25) is 0 Å². The number of carbonyl (C=O) groups excluding carboxylic acids is 1. The Labute approximate surface area is 128 Å². The third kappa shape index (κ3) is 3.54. The van der Waals surface area contributed by atoms with Gasteiger partial charge in [-0.3, -0.25) is 4.98 Å². The van der Waals surface area contributed by atoms with E-state index in [2.05, 4.69) is 15.6 Å². The van der Waals surface area contributed by atoms with Crippen LogP contribution in [-0.4, -0.2) is 37.5 Å². The van der Waals surface area contributed by atoms with Crippen LogP contribution in [0.25, 0.3) is 10.9 Å². The number of nitrogens with one attached hydrogen (secondary N) is 2. The smallest absolute Gasteiger partial charge is 0.319 e. The Balaban J connectivity index is 1.56. The molecule has 116 valence electrons. The van der Waals surface area contributed by atoms with E-state index in [0.717, 1.165) is 10.9 Å². The number of hydrogen-bond donors (Lipinski definition) is 2. The van der Waals surface area contributed by atoms with Crippen LogP contribution in [0.2, 0.25) is 0 Å². The normalized spacial score (nSPS) is 19.9. The first-order valence-electron chi connectivity index (χ1n) is 7.12. The third-order valence-electron chi connectivity index (χ3n) is 3.74. The molecule has 3 rings (SSSR count). The van der Waals surface area contributed by atoms with Crippen LogP contribution in [0.3, 0.4) is 0 Å². The fourth-order valence-corrected chi connectivity index (χ4v) is 4.46. The van der Waals surface area contributed by atoms with E-state index < -0.39 is 9.84 Å². The van der Waals surface area contributed by atoms with Crippen LogP contribution in [-0.2, 0) is 9.84 Å². The molecule has 0 saturated carbocycles. The number of rotatable bonds is 3. The molecular formula is C15H17N3O3S. The van der Waals surface area contributed by atoms with E-state index in [1.807, 2.05) is 24.3 Å². The largest absolute Gasteiger partial charge is 0.338 e. The monoisotopic (exact) mass is 319 g/mol. The lowest BCUT2D eigenvalue weighted by molar-refractivity contribution is 0.250. The van der Waals surface area contributed by atoms with Crippen molar-refractivity contribution < 1.29 is 13.2 Å². The fourth-order valence-electron chi connectivity index (χ4n) is 2.60. The second kappa shape index (κ2) is 5.92. The van der Waals surface area contributed by atoms with Gasteiger partial charge in [-0.25, -0.2) is 13.2 Å². The van der Waals surface area contributed by atoms with Crippen molar-refractivity contribution in [2.24, 2.45) is 5.92 Å². The van der Waals surface area contributed by atoms with Crippen molar-refractivity contribution in [2.45, 2.75) is 6.42 Å². The summed E-state index contributed by atoms with van der Waals surface area (Å²) in [6, 6.07) is 8.92. The molecule has 0 bridgehead atoms. The van der Waals surface area contributed by atoms with E-state index >= 15 is 0 Å². The molecule has 1 aromatic heterocycles. The minimum Gasteiger partial charge on any atom is -0.338 e. The number of benzene rings is 1. The number of fused-ring (bicyclic) bond motifs is 1. The first-order chi connectivity index (χ1) is 10.5. The highest BCUT2D eigenvalue weighted by Crippen LogP contribution is 2.18. The Kier molecular flexibility index (Phi) is 3.98. The number of anilines is 1. The molecule has 2 heterocycles. The summed E-state index contributed by atoms with van der Waals surface area (Å²) in [7, 11) is -2.91. The topological polar surface area (TPSA) is 88.2 Å². The Morgan fingerprint density at radius 3 is 2.95 bits per heavy atom. The molecule has 1 atom stereocenters. The summed E-state index contributed by atoms with van der Waals surface area (Å²) in [5.74, 6) is 0.393. The van der Waals surface area contributed by atoms with E-state index in [0.29, 0.717) is 18.7 Å². The molecule has 1 aliphatic heterocycles. The molecule has 2 N–H and O–H groups in total. The SMILES string of the molecule is O=C(NC[C@H]1CCS(=O)(=O)C1)Nc1ccc2ncccc2c1. The van der Waals surface area contributed by atoms with Gasteiger partial charge in [-0.2, -0.15) is 0 Å². The quantitative estimate of drug-likeness (QED) is 0.903. The first kappa shape index (κ1) is 14.8. The van der Waals surface area contributed by atoms with Crippen molar-refractivity contribution in [1.82, 2.24) is 10.3 Å². The van der Waals surface area contributed by atoms with Gasteiger partial charge in [0.1, 0.15) is 0 Å². The lowest BCUT2D eigenvalue weighted by Gasteiger charge is -2.11. The fraction of sp³-hybridized carbons (Fsp3) is 0.333. The molecular weight excluding hydrogens is 302 g/mol. The Hall–Kier alpha value is -2.15.